The van der Waals surface area contributed by atoms with E-state index in [9.17, 15) is 13.2 Å². The van der Waals surface area contributed by atoms with Crippen molar-refractivity contribution in [3.8, 4) is 0 Å². The van der Waals surface area contributed by atoms with E-state index in [1.54, 1.807) is 6.92 Å². The predicted octanol–water partition coefficient (Wildman–Crippen LogP) is 6.80. The van der Waals surface area contributed by atoms with Crippen LogP contribution < -0.4 is 0 Å². The fourth-order valence-corrected chi connectivity index (χ4v) is 3.42. The Hall–Kier alpha value is -0.250. The Kier molecular flexibility index (Phi) is 8.81. The summed E-state index contributed by atoms with van der Waals surface area (Å²) in [4.78, 5) is 0. The van der Waals surface area contributed by atoms with Gasteiger partial charge in [0.05, 0.1) is 6.10 Å². The molecule has 1 aliphatic carbocycles. The number of hydrogen-bond donors (Lipinski definition) is 0. The van der Waals surface area contributed by atoms with Gasteiger partial charge in [0.2, 0.25) is 0 Å². The zero-order valence-electron chi connectivity index (χ0n) is 14.3. The Labute approximate surface area is 134 Å². The molecule has 1 aliphatic rings. The maximum Gasteiger partial charge on any atom is 0.417 e. The van der Waals surface area contributed by atoms with Crippen LogP contribution in [0.1, 0.15) is 97.3 Å². The van der Waals surface area contributed by atoms with Crippen molar-refractivity contribution >= 4 is 0 Å². The van der Waals surface area contributed by atoms with Crippen molar-refractivity contribution in [3.63, 3.8) is 0 Å². The molecule has 1 rings (SSSR count). The lowest BCUT2D eigenvalue weighted by Gasteiger charge is -2.40. The quantitative estimate of drug-likeness (QED) is 0.402. The first-order chi connectivity index (χ1) is 10.4. The minimum absolute atomic E-state index is 0.137. The molecule has 0 N–H and O–H groups in total. The zero-order chi connectivity index (χ0) is 16.5. The van der Waals surface area contributed by atoms with Gasteiger partial charge in [0.1, 0.15) is 0 Å². The van der Waals surface area contributed by atoms with E-state index in [0.717, 1.165) is 25.7 Å². The first-order valence-corrected chi connectivity index (χ1v) is 9.16. The summed E-state index contributed by atoms with van der Waals surface area (Å²) in [6.45, 7) is 4.00. The minimum Gasteiger partial charge on any atom is -0.363 e. The number of ether oxygens (including phenoxy) is 1. The number of unbranched alkanes of at least 4 members (excludes halogenated alkanes) is 6. The van der Waals surface area contributed by atoms with Gasteiger partial charge in [0, 0.05) is 0 Å². The molecule has 0 amide bonds. The van der Waals surface area contributed by atoms with Crippen LogP contribution in [-0.4, -0.2) is 17.9 Å². The monoisotopic (exact) mass is 322 g/mol. The molecule has 0 saturated heterocycles. The van der Waals surface area contributed by atoms with Gasteiger partial charge in [-0.25, -0.2) is 0 Å². The van der Waals surface area contributed by atoms with Gasteiger partial charge in [-0.15, -0.1) is 0 Å². The second-order valence-electron chi connectivity index (χ2n) is 6.89. The molecule has 0 heterocycles. The SMILES string of the molecule is CCCCCCCCCC(C)OC1(C(F)(F)F)CCCCC1. The molecule has 4 heteroatoms. The summed E-state index contributed by atoms with van der Waals surface area (Å²) >= 11 is 0. The van der Waals surface area contributed by atoms with E-state index in [4.69, 9.17) is 4.74 Å². The maximum absolute atomic E-state index is 13.4. The fraction of sp³-hybridized carbons (Fsp3) is 1.00. The summed E-state index contributed by atoms with van der Waals surface area (Å²) in [5, 5.41) is 0. The van der Waals surface area contributed by atoms with Crippen molar-refractivity contribution in [2.24, 2.45) is 0 Å². The van der Waals surface area contributed by atoms with E-state index in [0.29, 0.717) is 12.8 Å². The topological polar surface area (TPSA) is 9.23 Å². The molecule has 0 aromatic rings. The molecule has 1 atom stereocenters. The number of halogens is 3. The van der Waals surface area contributed by atoms with Crippen LogP contribution in [0, 0.1) is 0 Å². The highest BCUT2D eigenvalue weighted by atomic mass is 19.4. The van der Waals surface area contributed by atoms with Crippen molar-refractivity contribution < 1.29 is 17.9 Å². The molecule has 0 spiro atoms. The average Bonchev–Trinajstić information content (AvgIpc) is 2.46. The predicted molar refractivity (Wildman–Crippen MR) is 85.0 cm³/mol. The summed E-state index contributed by atoms with van der Waals surface area (Å²) in [5.41, 5.74) is -1.87. The van der Waals surface area contributed by atoms with Gasteiger partial charge in [-0.2, -0.15) is 13.2 Å². The van der Waals surface area contributed by atoms with Crippen molar-refractivity contribution in [2.45, 2.75) is 115 Å². The van der Waals surface area contributed by atoms with Crippen molar-refractivity contribution in [1.29, 1.82) is 0 Å². The van der Waals surface area contributed by atoms with Gasteiger partial charge >= 0.3 is 6.18 Å². The standard InChI is InChI=1S/C18H33F3O/c1-3-4-5-6-7-8-10-13-16(2)22-17(18(19,20)21)14-11-9-12-15-17/h16H,3-15H2,1-2H3. The highest BCUT2D eigenvalue weighted by molar-refractivity contribution is 4.92. The number of alkyl halides is 3. The molecule has 0 aliphatic heterocycles. The van der Waals surface area contributed by atoms with Crippen LogP contribution in [0.15, 0.2) is 0 Å². The number of rotatable bonds is 10. The summed E-state index contributed by atoms with van der Waals surface area (Å²) in [6.07, 6.45) is 6.96. The van der Waals surface area contributed by atoms with Crippen molar-refractivity contribution in [2.75, 3.05) is 0 Å². The summed E-state index contributed by atoms with van der Waals surface area (Å²) < 4.78 is 45.7. The Morgan fingerprint density at radius 2 is 1.45 bits per heavy atom. The third kappa shape index (κ3) is 6.47. The molecular weight excluding hydrogens is 289 g/mol. The van der Waals surface area contributed by atoms with Gasteiger partial charge < -0.3 is 4.74 Å². The van der Waals surface area contributed by atoms with Gasteiger partial charge in [-0.3, -0.25) is 0 Å². The molecule has 0 aromatic carbocycles. The van der Waals surface area contributed by atoms with E-state index in [1.807, 2.05) is 0 Å². The third-order valence-electron chi connectivity index (χ3n) is 4.82. The highest BCUT2D eigenvalue weighted by Gasteiger charge is 2.56. The minimum atomic E-state index is -4.23. The van der Waals surface area contributed by atoms with Crippen LogP contribution in [0.2, 0.25) is 0 Å². The Morgan fingerprint density at radius 1 is 0.909 bits per heavy atom. The molecule has 1 saturated carbocycles. The van der Waals surface area contributed by atoms with E-state index in [1.165, 1.54) is 32.1 Å². The van der Waals surface area contributed by atoms with Gasteiger partial charge in [0.15, 0.2) is 5.60 Å². The molecule has 1 nitrogen and oxygen atoms in total. The van der Waals surface area contributed by atoms with E-state index < -0.39 is 11.8 Å². The Balaban J connectivity index is 2.28. The molecule has 0 aromatic heterocycles. The first kappa shape index (κ1) is 19.8. The molecular formula is C18H33F3O. The van der Waals surface area contributed by atoms with Gasteiger partial charge in [-0.05, 0) is 26.2 Å². The van der Waals surface area contributed by atoms with Crippen LogP contribution in [0.5, 0.6) is 0 Å². The summed E-state index contributed by atoms with van der Waals surface area (Å²) in [7, 11) is 0. The molecule has 132 valence electrons. The van der Waals surface area contributed by atoms with Crippen LogP contribution in [0.25, 0.3) is 0 Å². The molecule has 1 fully saturated rings. The largest absolute Gasteiger partial charge is 0.417 e. The van der Waals surface area contributed by atoms with Gasteiger partial charge in [0.25, 0.3) is 0 Å². The van der Waals surface area contributed by atoms with Crippen LogP contribution in [0.3, 0.4) is 0 Å². The average molecular weight is 322 g/mol. The van der Waals surface area contributed by atoms with Crippen LogP contribution >= 0.6 is 0 Å². The van der Waals surface area contributed by atoms with E-state index >= 15 is 0 Å². The van der Waals surface area contributed by atoms with Crippen molar-refractivity contribution in [3.05, 3.63) is 0 Å². The smallest absolute Gasteiger partial charge is 0.363 e. The van der Waals surface area contributed by atoms with Gasteiger partial charge in [-0.1, -0.05) is 71.1 Å². The van der Waals surface area contributed by atoms with Crippen LogP contribution in [-0.2, 0) is 4.74 Å². The van der Waals surface area contributed by atoms with Crippen molar-refractivity contribution in [1.82, 2.24) is 0 Å². The second kappa shape index (κ2) is 9.79. The Bertz CT molecular complexity index is 283. The lowest BCUT2D eigenvalue weighted by atomic mass is 9.83. The fourth-order valence-electron chi connectivity index (χ4n) is 3.42. The summed E-state index contributed by atoms with van der Waals surface area (Å²) in [5.74, 6) is 0. The summed E-state index contributed by atoms with van der Waals surface area (Å²) in [6, 6.07) is 0. The molecule has 0 bridgehead atoms. The second-order valence-corrected chi connectivity index (χ2v) is 6.89. The maximum atomic E-state index is 13.4. The Morgan fingerprint density at radius 3 is 2.00 bits per heavy atom. The lowest BCUT2D eigenvalue weighted by molar-refractivity contribution is -0.299. The normalized spacial score (nSPS) is 20.0. The van der Waals surface area contributed by atoms with E-state index in [2.05, 4.69) is 6.92 Å². The number of hydrogen-bond acceptors (Lipinski definition) is 1. The third-order valence-corrected chi connectivity index (χ3v) is 4.82. The molecule has 1 unspecified atom stereocenters. The highest BCUT2D eigenvalue weighted by Crippen LogP contribution is 2.45. The molecule has 22 heavy (non-hydrogen) atoms. The van der Waals surface area contributed by atoms with E-state index in [-0.39, 0.29) is 18.9 Å². The zero-order valence-corrected chi connectivity index (χ0v) is 14.3. The van der Waals surface area contributed by atoms with Crippen LogP contribution in [0.4, 0.5) is 13.2 Å². The lowest BCUT2D eigenvalue weighted by Crippen LogP contribution is -2.50. The first-order valence-electron chi connectivity index (χ1n) is 9.16. The molecule has 0 radical (unpaired) electrons.